The number of esters is 1. The van der Waals surface area contributed by atoms with Crippen molar-refractivity contribution in [1.82, 2.24) is 0 Å². The van der Waals surface area contributed by atoms with Crippen molar-refractivity contribution in [2.24, 2.45) is 10.9 Å². The van der Waals surface area contributed by atoms with Gasteiger partial charge in [0.1, 0.15) is 12.4 Å². The van der Waals surface area contributed by atoms with Gasteiger partial charge in [-0.3, -0.25) is 9.79 Å². The van der Waals surface area contributed by atoms with E-state index in [4.69, 9.17) is 16.3 Å². The normalized spacial score (nSPS) is 26.7. The highest BCUT2D eigenvalue weighted by molar-refractivity contribution is 9.10. The van der Waals surface area contributed by atoms with Gasteiger partial charge in [-0.25, -0.2) is 4.79 Å². The number of ether oxygens (including phenoxy) is 1. The van der Waals surface area contributed by atoms with Crippen molar-refractivity contribution in [3.8, 4) is 0 Å². The highest BCUT2D eigenvalue weighted by Crippen LogP contribution is 2.46. The van der Waals surface area contributed by atoms with Gasteiger partial charge in [0.05, 0.1) is 22.2 Å². The lowest BCUT2D eigenvalue weighted by atomic mass is 9.76. The van der Waals surface area contributed by atoms with Gasteiger partial charge in [-0.2, -0.15) is 0 Å². The van der Waals surface area contributed by atoms with Crippen LogP contribution < -0.4 is 0 Å². The largest absolute Gasteiger partial charge is 0.456 e. The summed E-state index contributed by atoms with van der Waals surface area (Å²) in [6, 6.07) is 5.51. The first-order valence-electron chi connectivity index (χ1n) is 7.01. The van der Waals surface area contributed by atoms with Gasteiger partial charge in [0.25, 0.3) is 0 Å². The van der Waals surface area contributed by atoms with Crippen LogP contribution in [0.25, 0.3) is 0 Å². The summed E-state index contributed by atoms with van der Waals surface area (Å²) >= 11 is 9.47. The predicted octanol–water partition coefficient (Wildman–Crippen LogP) is 3.43. The van der Waals surface area contributed by atoms with Gasteiger partial charge in [0, 0.05) is 22.5 Å². The Labute approximate surface area is 140 Å². The molecule has 0 saturated heterocycles. The van der Waals surface area contributed by atoms with Gasteiger partial charge in [0.2, 0.25) is 0 Å². The molecule has 2 heterocycles. The van der Waals surface area contributed by atoms with Crippen molar-refractivity contribution < 1.29 is 14.3 Å². The summed E-state index contributed by atoms with van der Waals surface area (Å²) in [7, 11) is 0. The molecular weight excluding hydrogens is 370 g/mol. The summed E-state index contributed by atoms with van der Waals surface area (Å²) < 4.78 is 5.88. The minimum Gasteiger partial charge on any atom is -0.456 e. The van der Waals surface area contributed by atoms with Crippen LogP contribution in [-0.4, -0.2) is 24.1 Å². The number of Topliss-reactive ketones (excluding diaryl/α,β-unsaturated/α-hetero) is 1. The van der Waals surface area contributed by atoms with Crippen LogP contribution in [0.5, 0.6) is 0 Å². The van der Waals surface area contributed by atoms with E-state index in [1.807, 2.05) is 12.1 Å². The molecule has 6 heteroatoms. The van der Waals surface area contributed by atoms with Crippen LogP contribution in [0.3, 0.4) is 0 Å². The molecule has 0 radical (unpaired) electrons. The lowest BCUT2D eigenvalue weighted by molar-refractivity contribution is -0.136. The highest BCUT2D eigenvalue weighted by atomic mass is 79.9. The van der Waals surface area contributed by atoms with Gasteiger partial charge < -0.3 is 4.74 Å². The van der Waals surface area contributed by atoms with Crippen molar-refractivity contribution in [2.45, 2.75) is 18.8 Å². The summed E-state index contributed by atoms with van der Waals surface area (Å²) in [4.78, 5) is 29.0. The first kappa shape index (κ1) is 14.2. The van der Waals surface area contributed by atoms with Crippen molar-refractivity contribution in [1.29, 1.82) is 0 Å². The third-order valence-corrected chi connectivity index (χ3v) is 5.64. The topological polar surface area (TPSA) is 55.7 Å². The van der Waals surface area contributed by atoms with Crippen molar-refractivity contribution in [2.75, 3.05) is 6.61 Å². The second-order valence-electron chi connectivity index (χ2n) is 5.63. The zero-order valence-electron chi connectivity index (χ0n) is 11.4. The average Bonchev–Trinajstić information content (AvgIpc) is 3.05. The van der Waals surface area contributed by atoms with Crippen molar-refractivity contribution >= 4 is 45.0 Å². The first-order valence-corrected chi connectivity index (χ1v) is 8.18. The molecule has 3 aliphatic rings. The number of hydrogen-bond acceptors (Lipinski definition) is 4. The minimum atomic E-state index is -0.367. The molecule has 0 amide bonds. The third-order valence-electron chi connectivity index (χ3n) is 4.43. The fourth-order valence-electron chi connectivity index (χ4n) is 3.46. The summed E-state index contributed by atoms with van der Waals surface area (Å²) in [6.07, 6.45) is 1.16. The molecule has 0 spiro atoms. The van der Waals surface area contributed by atoms with E-state index in [9.17, 15) is 9.59 Å². The molecule has 2 unspecified atom stereocenters. The van der Waals surface area contributed by atoms with E-state index in [2.05, 4.69) is 20.9 Å². The zero-order chi connectivity index (χ0) is 15.4. The maximum Gasteiger partial charge on any atom is 0.337 e. The quantitative estimate of drug-likeness (QED) is 0.701. The maximum atomic E-state index is 12.3. The average molecular weight is 381 g/mol. The van der Waals surface area contributed by atoms with Crippen LogP contribution in [-0.2, 0) is 14.3 Å². The molecule has 2 atom stereocenters. The summed E-state index contributed by atoms with van der Waals surface area (Å²) in [6.45, 7) is 0.198. The zero-order valence-corrected chi connectivity index (χ0v) is 13.8. The number of nitrogens with zero attached hydrogens (tertiary/aromatic N) is 1. The van der Waals surface area contributed by atoms with E-state index >= 15 is 0 Å². The van der Waals surface area contributed by atoms with E-state index in [-0.39, 0.29) is 30.2 Å². The number of aliphatic imine (C=N–C) groups is 1. The number of benzene rings is 1. The Bertz CT molecular complexity index is 784. The van der Waals surface area contributed by atoms with Gasteiger partial charge in [-0.15, -0.1) is 0 Å². The van der Waals surface area contributed by atoms with Crippen LogP contribution in [0.4, 0.5) is 0 Å². The lowest BCUT2D eigenvalue weighted by Gasteiger charge is -2.27. The summed E-state index contributed by atoms with van der Waals surface area (Å²) in [5.74, 6) is -0.895. The molecule has 1 aromatic rings. The predicted molar refractivity (Wildman–Crippen MR) is 85.0 cm³/mol. The molecule has 0 N–H and O–H groups in total. The van der Waals surface area contributed by atoms with Gasteiger partial charge in [-0.05, 0) is 40.0 Å². The maximum absolute atomic E-state index is 12.3. The number of carbonyl (C=O) groups is 2. The first-order chi connectivity index (χ1) is 10.6. The Balaban J connectivity index is 1.90. The summed E-state index contributed by atoms with van der Waals surface area (Å²) in [5.41, 5.74) is 2.95. The van der Waals surface area contributed by atoms with Crippen LogP contribution in [0.1, 0.15) is 24.3 Å². The Hall–Kier alpha value is -1.46. The second kappa shape index (κ2) is 5.03. The number of cyclic esters (lactones) is 1. The SMILES string of the molecule is O=C1OCC2=C1C(c1ccc(Cl)c(Br)c1)C1C(=O)CCC1=N2. The Kier molecular flexibility index (Phi) is 3.24. The Morgan fingerprint density at radius 2 is 2.05 bits per heavy atom. The molecule has 1 aromatic carbocycles. The van der Waals surface area contributed by atoms with E-state index in [0.717, 1.165) is 15.7 Å². The van der Waals surface area contributed by atoms with Crippen LogP contribution >= 0.6 is 27.5 Å². The van der Waals surface area contributed by atoms with Crippen LogP contribution in [0.15, 0.2) is 38.9 Å². The molecule has 1 aliphatic carbocycles. The number of rotatable bonds is 1. The lowest BCUT2D eigenvalue weighted by Crippen LogP contribution is -2.29. The smallest absolute Gasteiger partial charge is 0.337 e. The molecule has 1 fully saturated rings. The molecule has 112 valence electrons. The molecule has 4 nitrogen and oxygen atoms in total. The van der Waals surface area contributed by atoms with Crippen LogP contribution in [0.2, 0.25) is 5.02 Å². The van der Waals surface area contributed by atoms with Gasteiger partial charge in [-0.1, -0.05) is 17.7 Å². The third kappa shape index (κ3) is 1.99. The molecule has 1 saturated carbocycles. The van der Waals surface area contributed by atoms with Gasteiger partial charge in [0.15, 0.2) is 0 Å². The van der Waals surface area contributed by atoms with Gasteiger partial charge >= 0.3 is 5.97 Å². The monoisotopic (exact) mass is 379 g/mol. The molecule has 0 aromatic heterocycles. The van der Waals surface area contributed by atoms with Crippen LogP contribution in [0, 0.1) is 5.92 Å². The number of carbonyl (C=O) groups excluding carboxylic acids is 2. The van der Waals surface area contributed by atoms with E-state index in [0.29, 0.717) is 29.1 Å². The fraction of sp³-hybridized carbons (Fsp3) is 0.312. The minimum absolute atomic E-state index is 0.140. The fourth-order valence-corrected chi connectivity index (χ4v) is 3.98. The molecular formula is C16H11BrClNO3. The molecule has 22 heavy (non-hydrogen) atoms. The highest BCUT2D eigenvalue weighted by Gasteiger charge is 2.47. The Morgan fingerprint density at radius 3 is 2.82 bits per heavy atom. The number of ketones is 1. The van der Waals surface area contributed by atoms with E-state index < -0.39 is 0 Å². The number of hydrogen-bond donors (Lipinski definition) is 0. The second-order valence-corrected chi connectivity index (χ2v) is 6.90. The molecule has 2 aliphatic heterocycles. The molecule has 4 rings (SSSR count). The molecule has 0 bridgehead atoms. The van der Waals surface area contributed by atoms with Crippen molar-refractivity contribution in [3.05, 3.63) is 44.5 Å². The standard InChI is InChI=1S/C16H11BrClNO3/c17-8-5-7(1-2-9(8)18)13-14-10(3-4-12(14)20)19-11-6-22-16(21)15(11)13/h1-2,5,13-14H,3-4,6H2. The number of halogens is 2. The van der Waals surface area contributed by atoms with E-state index in [1.54, 1.807) is 6.07 Å². The number of fused-ring (bicyclic) bond motifs is 1. The Morgan fingerprint density at radius 1 is 1.23 bits per heavy atom. The summed E-state index contributed by atoms with van der Waals surface area (Å²) in [5, 5.41) is 0.592. The van der Waals surface area contributed by atoms with E-state index in [1.165, 1.54) is 0 Å². The van der Waals surface area contributed by atoms with Crippen molar-refractivity contribution in [3.63, 3.8) is 0 Å².